The quantitative estimate of drug-likeness (QED) is 0.230. The Hall–Kier alpha value is -3.19. The van der Waals surface area contributed by atoms with Crippen molar-refractivity contribution in [2.45, 2.75) is 6.54 Å². The normalized spacial score (nSPS) is 11.4. The number of fused-ring (bicyclic) bond motifs is 4. The Labute approximate surface area is 146 Å². The second-order valence-electron chi connectivity index (χ2n) is 6.51. The molecule has 0 fully saturated rings. The van der Waals surface area contributed by atoms with Crippen LogP contribution in [0.2, 0.25) is 0 Å². The smallest absolute Gasteiger partial charge is 0.175 e. The van der Waals surface area contributed by atoms with Gasteiger partial charge in [0, 0.05) is 17.7 Å². The van der Waals surface area contributed by atoms with Gasteiger partial charge in [-0.3, -0.25) is 0 Å². The summed E-state index contributed by atoms with van der Waals surface area (Å²) in [6, 6.07) is 30.5. The highest BCUT2D eigenvalue weighted by molar-refractivity contribution is 6.14. The van der Waals surface area contributed by atoms with Crippen LogP contribution < -0.4 is 4.57 Å². The highest BCUT2D eigenvalue weighted by atomic mass is 14.9. The van der Waals surface area contributed by atoms with Crippen LogP contribution in [0.3, 0.4) is 0 Å². The van der Waals surface area contributed by atoms with E-state index in [-0.39, 0.29) is 0 Å². The van der Waals surface area contributed by atoms with Crippen molar-refractivity contribution in [2.75, 3.05) is 0 Å². The standard InChI is InChI=1S/C24H18N/c1-6-14-25(15-7-1)17-24-21-11-5-3-9-19(21)16-23-20-10-4-2-8-18(20)12-13-22(23)24/h1-16H,17H2/q+1. The van der Waals surface area contributed by atoms with E-state index in [1.54, 1.807) is 0 Å². The van der Waals surface area contributed by atoms with Crippen LogP contribution in [-0.4, -0.2) is 0 Å². The molecule has 0 radical (unpaired) electrons. The molecular weight excluding hydrogens is 302 g/mol. The molecule has 1 heterocycles. The summed E-state index contributed by atoms with van der Waals surface area (Å²) < 4.78 is 2.25. The lowest BCUT2D eigenvalue weighted by Gasteiger charge is -2.11. The third-order valence-electron chi connectivity index (χ3n) is 5.00. The largest absolute Gasteiger partial charge is 0.201 e. The zero-order chi connectivity index (χ0) is 16.6. The summed E-state index contributed by atoms with van der Waals surface area (Å²) in [6.07, 6.45) is 4.27. The lowest BCUT2D eigenvalue weighted by atomic mass is 9.93. The lowest BCUT2D eigenvalue weighted by molar-refractivity contribution is -0.688. The third kappa shape index (κ3) is 2.36. The molecule has 0 spiro atoms. The second kappa shape index (κ2) is 5.71. The van der Waals surface area contributed by atoms with Gasteiger partial charge >= 0.3 is 0 Å². The Balaban J connectivity index is 1.90. The molecule has 5 aromatic rings. The molecule has 1 aromatic heterocycles. The minimum absolute atomic E-state index is 0.872. The van der Waals surface area contributed by atoms with E-state index in [9.17, 15) is 0 Å². The topological polar surface area (TPSA) is 3.88 Å². The van der Waals surface area contributed by atoms with E-state index in [1.165, 1.54) is 37.9 Å². The third-order valence-corrected chi connectivity index (χ3v) is 5.00. The summed E-state index contributed by atoms with van der Waals surface area (Å²) in [7, 11) is 0. The van der Waals surface area contributed by atoms with Crippen LogP contribution in [0.25, 0.3) is 32.3 Å². The predicted octanol–water partition coefficient (Wildman–Crippen LogP) is 5.48. The van der Waals surface area contributed by atoms with Gasteiger partial charge < -0.3 is 0 Å². The number of nitrogens with zero attached hydrogens (tertiary/aromatic N) is 1. The van der Waals surface area contributed by atoms with Crippen molar-refractivity contribution in [3.8, 4) is 0 Å². The predicted molar refractivity (Wildman–Crippen MR) is 105 cm³/mol. The van der Waals surface area contributed by atoms with Crippen molar-refractivity contribution < 1.29 is 4.57 Å². The van der Waals surface area contributed by atoms with Crippen molar-refractivity contribution in [3.05, 3.63) is 103 Å². The molecule has 0 saturated carbocycles. The first-order valence-corrected chi connectivity index (χ1v) is 8.66. The molecule has 0 aliphatic carbocycles. The van der Waals surface area contributed by atoms with Crippen LogP contribution in [0.4, 0.5) is 0 Å². The number of pyridine rings is 1. The number of hydrogen-bond donors (Lipinski definition) is 0. The van der Waals surface area contributed by atoms with E-state index in [2.05, 4.69) is 102 Å². The molecule has 0 bridgehead atoms. The molecule has 0 aliphatic rings. The Bertz CT molecular complexity index is 1210. The van der Waals surface area contributed by atoms with Crippen molar-refractivity contribution in [1.29, 1.82) is 0 Å². The van der Waals surface area contributed by atoms with E-state index in [0.717, 1.165) is 6.54 Å². The average molecular weight is 320 g/mol. The second-order valence-corrected chi connectivity index (χ2v) is 6.51. The number of rotatable bonds is 2. The van der Waals surface area contributed by atoms with E-state index in [1.807, 2.05) is 0 Å². The van der Waals surface area contributed by atoms with Crippen LogP contribution in [-0.2, 0) is 6.54 Å². The van der Waals surface area contributed by atoms with Gasteiger partial charge in [-0.1, -0.05) is 66.7 Å². The maximum absolute atomic E-state index is 2.34. The van der Waals surface area contributed by atoms with Crippen LogP contribution in [0.1, 0.15) is 5.56 Å². The average Bonchev–Trinajstić information content (AvgIpc) is 2.68. The molecular formula is C24H18N+. The minimum atomic E-state index is 0.872. The highest BCUT2D eigenvalue weighted by Crippen LogP contribution is 2.33. The molecule has 4 aromatic carbocycles. The van der Waals surface area contributed by atoms with E-state index < -0.39 is 0 Å². The Kier molecular flexibility index (Phi) is 3.24. The first-order chi connectivity index (χ1) is 12.4. The first-order valence-electron chi connectivity index (χ1n) is 8.66. The number of hydrogen-bond acceptors (Lipinski definition) is 0. The van der Waals surface area contributed by atoms with Crippen molar-refractivity contribution in [1.82, 2.24) is 0 Å². The zero-order valence-electron chi connectivity index (χ0n) is 13.9. The molecule has 0 amide bonds. The monoisotopic (exact) mass is 320 g/mol. The van der Waals surface area contributed by atoms with Gasteiger partial charge in [0.15, 0.2) is 18.9 Å². The SMILES string of the molecule is c1cc[n+](Cc2c3ccccc3cc3c2ccc2ccccc23)cc1. The summed E-state index contributed by atoms with van der Waals surface area (Å²) in [5, 5.41) is 7.94. The molecule has 5 rings (SSSR count). The van der Waals surface area contributed by atoms with Gasteiger partial charge in [0.2, 0.25) is 0 Å². The molecule has 0 aliphatic heterocycles. The van der Waals surface area contributed by atoms with E-state index >= 15 is 0 Å². The molecule has 25 heavy (non-hydrogen) atoms. The fraction of sp³-hybridized carbons (Fsp3) is 0.0417. The first kappa shape index (κ1) is 14.2. The summed E-state index contributed by atoms with van der Waals surface area (Å²) >= 11 is 0. The Morgan fingerprint density at radius 3 is 2.08 bits per heavy atom. The van der Waals surface area contributed by atoms with Gasteiger partial charge in [0.25, 0.3) is 0 Å². The highest BCUT2D eigenvalue weighted by Gasteiger charge is 2.13. The van der Waals surface area contributed by atoms with Crippen molar-refractivity contribution in [3.63, 3.8) is 0 Å². The molecule has 0 saturated heterocycles. The Morgan fingerprint density at radius 2 is 1.24 bits per heavy atom. The maximum Gasteiger partial charge on any atom is 0.175 e. The minimum Gasteiger partial charge on any atom is -0.201 e. The van der Waals surface area contributed by atoms with Crippen LogP contribution in [0, 0.1) is 0 Å². The lowest BCUT2D eigenvalue weighted by Crippen LogP contribution is -2.33. The molecule has 0 atom stereocenters. The molecule has 1 nitrogen and oxygen atoms in total. The number of aromatic nitrogens is 1. The van der Waals surface area contributed by atoms with Crippen LogP contribution in [0.15, 0.2) is 97.3 Å². The molecule has 1 heteroatoms. The van der Waals surface area contributed by atoms with E-state index in [4.69, 9.17) is 0 Å². The number of benzene rings is 4. The fourth-order valence-electron chi connectivity index (χ4n) is 3.81. The molecule has 0 N–H and O–H groups in total. The van der Waals surface area contributed by atoms with Gasteiger partial charge in [-0.2, -0.15) is 0 Å². The van der Waals surface area contributed by atoms with Crippen molar-refractivity contribution in [2.24, 2.45) is 0 Å². The summed E-state index contributed by atoms with van der Waals surface area (Å²) in [5.41, 5.74) is 1.38. The van der Waals surface area contributed by atoms with Crippen molar-refractivity contribution >= 4 is 32.3 Å². The summed E-state index contributed by atoms with van der Waals surface area (Å²) in [4.78, 5) is 0. The fourth-order valence-corrected chi connectivity index (χ4v) is 3.81. The van der Waals surface area contributed by atoms with E-state index in [0.29, 0.717) is 0 Å². The van der Waals surface area contributed by atoms with Crippen LogP contribution >= 0.6 is 0 Å². The summed E-state index contributed by atoms with van der Waals surface area (Å²) in [5.74, 6) is 0. The van der Waals surface area contributed by atoms with Gasteiger partial charge in [0.05, 0.1) is 0 Å². The van der Waals surface area contributed by atoms with Gasteiger partial charge in [-0.05, 0) is 38.4 Å². The molecule has 0 unspecified atom stereocenters. The Morgan fingerprint density at radius 1 is 0.520 bits per heavy atom. The van der Waals surface area contributed by atoms with Gasteiger partial charge in [-0.15, -0.1) is 0 Å². The maximum atomic E-state index is 2.34. The van der Waals surface area contributed by atoms with Crippen LogP contribution in [0.5, 0.6) is 0 Å². The van der Waals surface area contributed by atoms with Gasteiger partial charge in [0.1, 0.15) is 0 Å². The van der Waals surface area contributed by atoms with Gasteiger partial charge in [-0.25, -0.2) is 4.57 Å². The summed E-state index contributed by atoms with van der Waals surface area (Å²) in [6.45, 7) is 0.872. The molecule has 118 valence electrons. The zero-order valence-corrected chi connectivity index (χ0v) is 13.9.